The molecule has 0 spiro atoms. The first-order valence-corrected chi connectivity index (χ1v) is 7.27. The van der Waals surface area contributed by atoms with Gasteiger partial charge in [-0.3, -0.25) is 4.79 Å². The molecule has 1 aliphatic carbocycles. The second-order valence-electron chi connectivity index (χ2n) is 5.34. The number of nitrogens with two attached hydrogens (primary N) is 1. The summed E-state index contributed by atoms with van der Waals surface area (Å²) in [5.74, 6) is 0.152. The predicted octanol–water partition coefficient (Wildman–Crippen LogP) is 2.25. The minimum Gasteiger partial charge on any atom is -0.382 e. The maximum absolute atomic E-state index is 11.9. The molecule has 0 aliphatic heterocycles. The molecule has 3 N–H and O–H groups in total. The van der Waals surface area contributed by atoms with Crippen LogP contribution in [0.2, 0.25) is 0 Å². The van der Waals surface area contributed by atoms with Crippen molar-refractivity contribution in [3.8, 4) is 0 Å². The Hall–Kier alpha value is -0.320. The Kier molecular flexibility index (Phi) is 10.3. The van der Waals surface area contributed by atoms with E-state index in [-0.39, 0.29) is 23.7 Å². The molecule has 0 aromatic carbocycles. The average molecular weight is 293 g/mol. The van der Waals surface area contributed by atoms with Crippen molar-refractivity contribution in [1.29, 1.82) is 0 Å². The molecule has 0 saturated heterocycles. The molecule has 114 valence electrons. The first-order valence-electron chi connectivity index (χ1n) is 7.27. The van der Waals surface area contributed by atoms with Gasteiger partial charge in [0.1, 0.15) is 0 Å². The fourth-order valence-electron chi connectivity index (χ4n) is 2.70. The number of hydrogen-bond donors (Lipinski definition) is 2. The van der Waals surface area contributed by atoms with Crippen LogP contribution in [0.4, 0.5) is 0 Å². The summed E-state index contributed by atoms with van der Waals surface area (Å²) in [7, 11) is 0. The zero-order valence-corrected chi connectivity index (χ0v) is 12.9. The number of carbonyl (C=O) groups excluding carboxylic acids is 1. The van der Waals surface area contributed by atoms with E-state index in [0.717, 1.165) is 32.5 Å². The smallest absolute Gasteiger partial charge is 0.220 e. The molecule has 5 heteroatoms. The van der Waals surface area contributed by atoms with Crippen LogP contribution < -0.4 is 11.1 Å². The number of hydrogen-bond acceptors (Lipinski definition) is 3. The maximum atomic E-state index is 11.9. The largest absolute Gasteiger partial charge is 0.382 e. The van der Waals surface area contributed by atoms with Gasteiger partial charge in [-0.05, 0) is 38.1 Å². The molecule has 4 nitrogen and oxygen atoms in total. The van der Waals surface area contributed by atoms with Crippen LogP contribution in [0.5, 0.6) is 0 Å². The first-order chi connectivity index (χ1) is 8.72. The Balaban J connectivity index is 0.00000324. The molecule has 1 fully saturated rings. The van der Waals surface area contributed by atoms with Gasteiger partial charge in [0.15, 0.2) is 0 Å². The molecular weight excluding hydrogens is 264 g/mol. The summed E-state index contributed by atoms with van der Waals surface area (Å²) in [4.78, 5) is 11.9. The molecule has 0 aromatic heterocycles. The number of rotatable bonds is 8. The van der Waals surface area contributed by atoms with E-state index >= 15 is 0 Å². The number of ether oxygens (including phenoxy) is 1. The van der Waals surface area contributed by atoms with E-state index in [1.165, 1.54) is 19.3 Å². The van der Waals surface area contributed by atoms with Crippen LogP contribution in [-0.4, -0.2) is 32.2 Å². The van der Waals surface area contributed by atoms with Crippen LogP contribution in [0.15, 0.2) is 0 Å². The minimum absolute atomic E-state index is 0. The third-order valence-corrected chi connectivity index (χ3v) is 3.87. The van der Waals surface area contributed by atoms with Gasteiger partial charge in [-0.1, -0.05) is 19.3 Å². The highest BCUT2D eigenvalue weighted by Gasteiger charge is 2.32. The molecule has 0 unspecified atom stereocenters. The number of halogens is 1. The van der Waals surface area contributed by atoms with E-state index in [2.05, 4.69) is 5.32 Å². The highest BCUT2D eigenvalue weighted by atomic mass is 35.5. The summed E-state index contributed by atoms with van der Waals surface area (Å²) in [6, 6.07) is 0. The second kappa shape index (κ2) is 10.5. The van der Waals surface area contributed by atoms with Crippen LogP contribution >= 0.6 is 12.4 Å². The SMILES string of the molecule is CCOCCCNC(=O)CC1(CN)CCCCC1.Cl. The van der Waals surface area contributed by atoms with Crippen molar-refractivity contribution in [3.63, 3.8) is 0 Å². The van der Waals surface area contributed by atoms with Crippen LogP contribution in [0.1, 0.15) is 51.9 Å². The van der Waals surface area contributed by atoms with Gasteiger partial charge < -0.3 is 15.8 Å². The van der Waals surface area contributed by atoms with E-state index in [4.69, 9.17) is 10.5 Å². The molecule has 1 amide bonds. The molecule has 19 heavy (non-hydrogen) atoms. The van der Waals surface area contributed by atoms with E-state index in [0.29, 0.717) is 19.5 Å². The number of carbonyl (C=O) groups is 1. The second-order valence-corrected chi connectivity index (χ2v) is 5.34. The minimum atomic E-state index is 0. The zero-order chi connectivity index (χ0) is 13.3. The molecule has 0 aromatic rings. The molecular formula is C14H29ClN2O2. The van der Waals surface area contributed by atoms with Crippen molar-refractivity contribution in [1.82, 2.24) is 5.32 Å². The lowest BCUT2D eigenvalue weighted by atomic mass is 9.71. The molecule has 0 radical (unpaired) electrons. The highest BCUT2D eigenvalue weighted by Crippen LogP contribution is 2.38. The third-order valence-electron chi connectivity index (χ3n) is 3.87. The number of nitrogens with one attached hydrogen (secondary N) is 1. The standard InChI is InChI=1S/C14H28N2O2.ClH/c1-2-18-10-6-9-16-13(17)11-14(12-15)7-4-3-5-8-14;/h2-12,15H2,1H3,(H,16,17);1H. The quantitative estimate of drug-likeness (QED) is 0.675. The van der Waals surface area contributed by atoms with E-state index < -0.39 is 0 Å². The van der Waals surface area contributed by atoms with Crippen LogP contribution in [0.25, 0.3) is 0 Å². The lowest BCUT2D eigenvalue weighted by Gasteiger charge is -2.35. The molecule has 0 heterocycles. The predicted molar refractivity (Wildman–Crippen MR) is 80.6 cm³/mol. The fraction of sp³-hybridized carbons (Fsp3) is 0.929. The Morgan fingerprint density at radius 2 is 2.00 bits per heavy atom. The zero-order valence-electron chi connectivity index (χ0n) is 12.1. The van der Waals surface area contributed by atoms with Gasteiger partial charge in [0.05, 0.1) is 0 Å². The van der Waals surface area contributed by atoms with Gasteiger partial charge in [0.25, 0.3) is 0 Å². The normalized spacial score (nSPS) is 17.6. The van der Waals surface area contributed by atoms with Crippen molar-refractivity contribution in [2.45, 2.75) is 51.9 Å². The summed E-state index contributed by atoms with van der Waals surface area (Å²) in [6.45, 7) is 4.79. The summed E-state index contributed by atoms with van der Waals surface area (Å²) in [6.07, 6.45) is 7.42. The lowest BCUT2D eigenvalue weighted by molar-refractivity contribution is -0.123. The van der Waals surface area contributed by atoms with E-state index in [1.807, 2.05) is 6.92 Å². The van der Waals surface area contributed by atoms with Crippen LogP contribution in [0.3, 0.4) is 0 Å². The summed E-state index contributed by atoms with van der Waals surface area (Å²) < 4.78 is 5.23. The average Bonchev–Trinajstić information content (AvgIpc) is 2.39. The Morgan fingerprint density at radius 1 is 1.32 bits per heavy atom. The summed E-state index contributed by atoms with van der Waals surface area (Å²) >= 11 is 0. The van der Waals surface area contributed by atoms with Gasteiger partial charge >= 0.3 is 0 Å². The lowest BCUT2D eigenvalue weighted by Crippen LogP contribution is -2.39. The Morgan fingerprint density at radius 3 is 2.58 bits per heavy atom. The van der Waals surface area contributed by atoms with Crippen molar-refractivity contribution < 1.29 is 9.53 Å². The van der Waals surface area contributed by atoms with Crippen molar-refractivity contribution in [2.75, 3.05) is 26.3 Å². The highest BCUT2D eigenvalue weighted by molar-refractivity contribution is 5.85. The maximum Gasteiger partial charge on any atom is 0.220 e. The third kappa shape index (κ3) is 7.14. The van der Waals surface area contributed by atoms with Gasteiger partial charge in [0, 0.05) is 26.2 Å². The summed E-state index contributed by atoms with van der Waals surface area (Å²) in [5.41, 5.74) is 5.95. The fourth-order valence-corrected chi connectivity index (χ4v) is 2.70. The molecule has 1 rings (SSSR count). The van der Waals surface area contributed by atoms with Gasteiger partial charge in [-0.25, -0.2) is 0 Å². The van der Waals surface area contributed by atoms with Crippen LogP contribution in [-0.2, 0) is 9.53 Å². The topological polar surface area (TPSA) is 64.3 Å². The van der Waals surface area contributed by atoms with Crippen molar-refractivity contribution >= 4 is 18.3 Å². The van der Waals surface area contributed by atoms with Crippen LogP contribution in [0, 0.1) is 5.41 Å². The van der Waals surface area contributed by atoms with E-state index in [1.54, 1.807) is 0 Å². The number of amides is 1. The summed E-state index contributed by atoms with van der Waals surface area (Å²) in [5, 5.41) is 2.97. The van der Waals surface area contributed by atoms with Crippen molar-refractivity contribution in [3.05, 3.63) is 0 Å². The molecule has 0 bridgehead atoms. The Bertz CT molecular complexity index is 244. The van der Waals surface area contributed by atoms with Gasteiger partial charge in [-0.2, -0.15) is 0 Å². The van der Waals surface area contributed by atoms with E-state index in [9.17, 15) is 4.79 Å². The molecule has 1 aliphatic rings. The first kappa shape index (κ1) is 18.7. The monoisotopic (exact) mass is 292 g/mol. The van der Waals surface area contributed by atoms with Gasteiger partial charge in [-0.15, -0.1) is 12.4 Å². The molecule has 0 atom stereocenters. The van der Waals surface area contributed by atoms with Crippen molar-refractivity contribution in [2.24, 2.45) is 11.1 Å². The van der Waals surface area contributed by atoms with Gasteiger partial charge in [0.2, 0.25) is 5.91 Å². The molecule has 1 saturated carbocycles. The Labute approximate surface area is 123 Å².